The molecule has 1 amide bonds. The largest absolute Gasteiger partial charge is 0.495 e. The maximum absolute atomic E-state index is 14.2. The molecule has 0 saturated carbocycles. The number of morpholine rings is 1. The van der Waals surface area contributed by atoms with Gasteiger partial charge in [-0.3, -0.25) is 9.59 Å². The highest BCUT2D eigenvalue weighted by atomic mass is 32.2. The van der Waals surface area contributed by atoms with E-state index in [1.165, 1.54) is 41.7 Å². The molecule has 1 fully saturated rings. The smallest absolute Gasteiger partial charge is 0.262 e. The Bertz CT molecular complexity index is 1230. The Morgan fingerprint density at radius 1 is 1.21 bits per heavy atom. The lowest BCUT2D eigenvalue weighted by Gasteiger charge is -2.26. The number of nitrogens with zero attached hydrogens (tertiary/aromatic N) is 1. The van der Waals surface area contributed by atoms with E-state index in [-0.39, 0.29) is 58.9 Å². The van der Waals surface area contributed by atoms with Gasteiger partial charge in [0.2, 0.25) is 10.0 Å². The van der Waals surface area contributed by atoms with Crippen LogP contribution in [0.5, 0.6) is 11.5 Å². The van der Waals surface area contributed by atoms with Crippen LogP contribution in [0.15, 0.2) is 35.2 Å². The minimum atomic E-state index is -3.78. The third-order valence-corrected chi connectivity index (χ3v) is 7.72. The van der Waals surface area contributed by atoms with Gasteiger partial charge in [0.1, 0.15) is 17.3 Å². The highest BCUT2D eigenvalue weighted by molar-refractivity contribution is 7.89. The fourth-order valence-corrected chi connectivity index (χ4v) is 5.59. The van der Waals surface area contributed by atoms with Gasteiger partial charge >= 0.3 is 0 Å². The number of fused-ring (bicyclic) bond motifs is 1. The van der Waals surface area contributed by atoms with Crippen LogP contribution < -0.4 is 14.8 Å². The average Bonchev–Trinajstić information content (AvgIpc) is 3.14. The van der Waals surface area contributed by atoms with Gasteiger partial charge in [-0.25, -0.2) is 12.8 Å². The van der Waals surface area contributed by atoms with Gasteiger partial charge in [-0.05, 0) is 36.2 Å². The summed E-state index contributed by atoms with van der Waals surface area (Å²) in [4.78, 5) is 24.9. The lowest BCUT2D eigenvalue weighted by molar-refractivity contribution is -0.118. The van der Waals surface area contributed by atoms with Crippen molar-refractivity contribution in [2.75, 3.05) is 45.3 Å². The number of ether oxygens (including phenoxy) is 3. The summed E-state index contributed by atoms with van der Waals surface area (Å²) in [5.74, 6) is -1.18. The second-order valence-electron chi connectivity index (χ2n) is 8.08. The number of hydrogen-bond acceptors (Lipinski definition) is 7. The summed E-state index contributed by atoms with van der Waals surface area (Å²) >= 11 is 0. The molecule has 34 heavy (non-hydrogen) atoms. The Kier molecular flexibility index (Phi) is 6.87. The Hall–Kier alpha value is -3.02. The number of ketones is 1. The topological polar surface area (TPSA) is 111 Å². The van der Waals surface area contributed by atoms with Crippen molar-refractivity contribution in [1.82, 2.24) is 4.31 Å². The minimum Gasteiger partial charge on any atom is -0.495 e. The zero-order valence-corrected chi connectivity index (χ0v) is 19.6. The quantitative estimate of drug-likeness (QED) is 0.632. The first-order valence-corrected chi connectivity index (χ1v) is 12.2. The molecule has 1 heterocycles. The van der Waals surface area contributed by atoms with Crippen LogP contribution in [-0.4, -0.2) is 64.4 Å². The van der Waals surface area contributed by atoms with E-state index in [2.05, 4.69) is 5.32 Å². The molecular formula is C23H25FN2O7S. The zero-order chi connectivity index (χ0) is 24.5. The highest BCUT2D eigenvalue weighted by Gasteiger charge is 2.33. The van der Waals surface area contributed by atoms with Crippen molar-refractivity contribution in [1.29, 1.82) is 0 Å². The standard InChI is InChI=1S/C23H25FN2O7S/c1-14-11-18(27)23-20(6-4-16(24)22(14)23)33-13-21(28)25-17-12-15(3-5-19(17)31-2)34(29,30)26-7-9-32-10-8-26/h3-6,12,14H,7-11,13H2,1-2H3,(H,25,28)/t14-/m1/s1. The van der Waals surface area contributed by atoms with E-state index in [1.54, 1.807) is 6.92 Å². The SMILES string of the molecule is COc1ccc(S(=O)(=O)N2CCOCC2)cc1NC(=O)COc1ccc(F)c2c1C(=O)C[C@H]2C. The fraction of sp³-hybridized carbons (Fsp3) is 0.391. The van der Waals surface area contributed by atoms with Crippen molar-refractivity contribution < 1.29 is 36.6 Å². The molecule has 0 spiro atoms. The Labute approximate surface area is 196 Å². The molecule has 11 heteroatoms. The van der Waals surface area contributed by atoms with Crippen molar-refractivity contribution in [2.24, 2.45) is 0 Å². The predicted molar refractivity (Wildman–Crippen MR) is 120 cm³/mol. The average molecular weight is 493 g/mol. The highest BCUT2D eigenvalue weighted by Crippen LogP contribution is 2.39. The number of carbonyl (C=O) groups is 2. The second-order valence-corrected chi connectivity index (χ2v) is 10.0. The van der Waals surface area contributed by atoms with Crippen molar-refractivity contribution in [2.45, 2.75) is 24.2 Å². The Balaban J connectivity index is 1.50. The molecule has 0 unspecified atom stereocenters. The molecule has 1 atom stereocenters. The summed E-state index contributed by atoms with van der Waals surface area (Å²) < 4.78 is 57.4. The van der Waals surface area contributed by atoms with E-state index in [9.17, 15) is 22.4 Å². The number of carbonyl (C=O) groups excluding carboxylic acids is 2. The van der Waals surface area contributed by atoms with E-state index >= 15 is 0 Å². The van der Waals surface area contributed by atoms with Gasteiger partial charge in [0.05, 0.1) is 36.5 Å². The van der Waals surface area contributed by atoms with E-state index in [0.29, 0.717) is 18.8 Å². The normalized spacial score (nSPS) is 18.4. The van der Waals surface area contributed by atoms with E-state index in [0.717, 1.165) is 0 Å². The van der Waals surface area contributed by atoms with Crippen LogP contribution in [0.3, 0.4) is 0 Å². The van der Waals surface area contributed by atoms with Crippen LogP contribution in [0, 0.1) is 5.82 Å². The van der Waals surface area contributed by atoms with Crippen molar-refractivity contribution in [3.63, 3.8) is 0 Å². The van der Waals surface area contributed by atoms with E-state index in [1.807, 2.05) is 0 Å². The zero-order valence-electron chi connectivity index (χ0n) is 18.8. The lowest BCUT2D eigenvalue weighted by Crippen LogP contribution is -2.40. The summed E-state index contributed by atoms with van der Waals surface area (Å²) in [6, 6.07) is 6.72. The van der Waals surface area contributed by atoms with Crippen LogP contribution in [0.25, 0.3) is 0 Å². The van der Waals surface area contributed by atoms with Gasteiger partial charge in [0.25, 0.3) is 5.91 Å². The van der Waals surface area contributed by atoms with Gasteiger partial charge in [-0.2, -0.15) is 4.31 Å². The molecule has 4 rings (SSSR count). The predicted octanol–water partition coefficient (Wildman–Crippen LogP) is 2.56. The maximum Gasteiger partial charge on any atom is 0.262 e. The van der Waals surface area contributed by atoms with Crippen LogP contribution in [-0.2, 0) is 19.6 Å². The first-order chi connectivity index (χ1) is 16.2. The third kappa shape index (κ3) is 4.63. The van der Waals surface area contributed by atoms with Crippen LogP contribution in [0.4, 0.5) is 10.1 Å². The Morgan fingerprint density at radius 3 is 2.62 bits per heavy atom. The number of halogens is 1. The number of sulfonamides is 1. The number of Topliss-reactive ketones (excluding diaryl/α,β-unsaturated/α-hetero) is 1. The van der Waals surface area contributed by atoms with Gasteiger partial charge in [-0.1, -0.05) is 6.92 Å². The van der Waals surface area contributed by atoms with E-state index in [4.69, 9.17) is 14.2 Å². The molecule has 1 aliphatic heterocycles. The molecule has 2 aromatic carbocycles. The van der Waals surface area contributed by atoms with Gasteiger partial charge in [-0.15, -0.1) is 0 Å². The molecule has 2 aromatic rings. The van der Waals surface area contributed by atoms with Gasteiger partial charge in [0.15, 0.2) is 12.4 Å². The van der Waals surface area contributed by atoms with Crippen LogP contribution >= 0.6 is 0 Å². The fourth-order valence-electron chi connectivity index (χ4n) is 4.16. The second kappa shape index (κ2) is 9.69. The number of anilines is 1. The number of benzene rings is 2. The summed E-state index contributed by atoms with van der Waals surface area (Å²) in [6.45, 7) is 2.39. The van der Waals surface area contributed by atoms with Crippen LogP contribution in [0.1, 0.15) is 35.2 Å². The molecule has 0 bridgehead atoms. The van der Waals surface area contributed by atoms with Crippen molar-refractivity contribution in [3.05, 3.63) is 47.3 Å². The molecular weight excluding hydrogens is 467 g/mol. The molecule has 1 aliphatic carbocycles. The molecule has 182 valence electrons. The third-order valence-electron chi connectivity index (χ3n) is 5.83. The summed E-state index contributed by atoms with van der Waals surface area (Å²) in [5, 5.41) is 2.59. The molecule has 9 nitrogen and oxygen atoms in total. The number of rotatable bonds is 7. The first-order valence-electron chi connectivity index (χ1n) is 10.8. The van der Waals surface area contributed by atoms with E-state index < -0.39 is 28.4 Å². The first kappa shape index (κ1) is 24.1. The number of amides is 1. The molecule has 1 N–H and O–H groups in total. The van der Waals surface area contributed by atoms with Gasteiger partial charge < -0.3 is 19.5 Å². The summed E-state index contributed by atoms with van der Waals surface area (Å²) in [7, 11) is -2.39. The number of hydrogen-bond donors (Lipinski definition) is 1. The maximum atomic E-state index is 14.2. The summed E-state index contributed by atoms with van der Waals surface area (Å²) in [5.41, 5.74) is 0.613. The lowest BCUT2D eigenvalue weighted by atomic mass is 10.0. The molecule has 1 saturated heterocycles. The van der Waals surface area contributed by atoms with Crippen molar-refractivity contribution in [3.8, 4) is 11.5 Å². The molecule has 0 radical (unpaired) electrons. The van der Waals surface area contributed by atoms with Gasteiger partial charge in [0, 0.05) is 25.1 Å². The van der Waals surface area contributed by atoms with Crippen molar-refractivity contribution >= 4 is 27.4 Å². The number of nitrogens with one attached hydrogen (secondary N) is 1. The molecule has 0 aromatic heterocycles. The van der Waals surface area contributed by atoms with Crippen LogP contribution in [0.2, 0.25) is 0 Å². The Morgan fingerprint density at radius 2 is 1.91 bits per heavy atom. The monoisotopic (exact) mass is 492 g/mol. The summed E-state index contributed by atoms with van der Waals surface area (Å²) in [6.07, 6.45) is 0.181. The molecule has 2 aliphatic rings. The minimum absolute atomic E-state index is 0.00218. The number of methoxy groups -OCH3 is 1.